The number of carboxylic acids is 1. The van der Waals surface area contributed by atoms with Crippen molar-refractivity contribution in [3.8, 4) is 0 Å². The van der Waals surface area contributed by atoms with E-state index in [4.69, 9.17) is 9.84 Å². The van der Waals surface area contributed by atoms with Crippen LogP contribution in [0.4, 0.5) is 0 Å². The van der Waals surface area contributed by atoms with Crippen LogP contribution in [0.5, 0.6) is 0 Å². The molecule has 0 bridgehead atoms. The van der Waals surface area contributed by atoms with E-state index in [-0.39, 0.29) is 23.0 Å². The molecule has 1 fully saturated rings. The summed E-state index contributed by atoms with van der Waals surface area (Å²) in [5.41, 5.74) is -0.486. The van der Waals surface area contributed by atoms with E-state index in [0.717, 1.165) is 6.42 Å². The smallest absolute Gasteiger partial charge is 0.325 e. The van der Waals surface area contributed by atoms with E-state index in [1.54, 1.807) is 0 Å². The van der Waals surface area contributed by atoms with Gasteiger partial charge in [0.25, 0.3) is 0 Å². The first-order valence-corrected chi connectivity index (χ1v) is 6.92. The monoisotopic (exact) mass is 286 g/mol. The number of ether oxygens (including phenoxy) is 1. The van der Waals surface area contributed by atoms with Gasteiger partial charge < -0.3 is 9.84 Å². The second kappa shape index (κ2) is 4.75. The molecule has 2 rings (SSSR count). The second-order valence-electron chi connectivity index (χ2n) is 5.79. The van der Waals surface area contributed by atoms with Gasteiger partial charge in [-0.1, -0.05) is 11.8 Å². The van der Waals surface area contributed by atoms with Gasteiger partial charge in [0.1, 0.15) is 6.54 Å². The molecule has 1 unspecified atom stereocenters. The molecule has 1 aromatic heterocycles. The van der Waals surface area contributed by atoms with Gasteiger partial charge in [-0.05, 0) is 44.5 Å². The zero-order chi connectivity index (χ0) is 14.3. The van der Waals surface area contributed by atoms with Crippen molar-refractivity contribution in [3.05, 3.63) is 0 Å². The summed E-state index contributed by atoms with van der Waals surface area (Å²) in [4.78, 5) is 10.7. The van der Waals surface area contributed by atoms with Crippen molar-refractivity contribution in [2.45, 2.75) is 62.3 Å². The van der Waals surface area contributed by atoms with Crippen LogP contribution in [0.3, 0.4) is 0 Å². The fraction of sp³-hybridized carbons (Fsp3) is 0.818. The average Bonchev–Trinajstić information content (AvgIpc) is 2.69. The number of carboxylic acid groups (broad SMARTS) is 1. The highest BCUT2D eigenvalue weighted by atomic mass is 32.2. The molecule has 106 valence electrons. The van der Waals surface area contributed by atoms with Gasteiger partial charge in [0.05, 0.1) is 11.2 Å². The van der Waals surface area contributed by atoms with Crippen LogP contribution in [0.2, 0.25) is 0 Å². The predicted octanol–water partition coefficient (Wildman–Crippen LogP) is 1.20. The lowest BCUT2D eigenvalue weighted by molar-refractivity contribution is -0.138. The predicted molar refractivity (Wildman–Crippen MR) is 69.0 cm³/mol. The molecule has 1 aliphatic heterocycles. The van der Waals surface area contributed by atoms with Crippen LogP contribution in [0.25, 0.3) is 0 Å². The highest BCUT2D eigenvalue weighted by Crippen LogP contribution is 2.45. The fourth-order valence-corrected chi connectivity index (χ4v) is 3.71. The van der Waals surface area contributed by atoms with Crippen LogP contribution in [-0.2, 0) is 16.1 Å². The van der Waals surface area contributed by atoms with Crippen molar-refractivity contribution in [3.63, 3.8) is 0 Å². The Morgan fingerprint density at radius 1 is 1.53 bits per heavy atom. The maximum Gasteiger partial charge on any atom is 0.325 e. The van der Waals surface area contributed by atoms with E-state index in [0.29, 0.717) is 5.16 Å². The summed E-state index contributed by atoms with van der Waals surface area (Å²) in [6, 6.07) is 0. The number of tetrazole rings is 1. The van der Waals surface area contributed by atoms with Gasteiger partial charge >= 0.3 is 5.97 Å². The van der Waals surface area contributed by atoms with E-state index in [1.165, 1.54) is 16.4 Å². The Hall–Kier alpha value is -1.15. The van der Waals surface area contributed by atoms with Gasteiger partial charge in [-0.15, -0.1) is 5.10 Å². The zero-order valence-corrected chi connectivity index (χ0v) is 12.3. The molecular formula is C11H18N4O3S. The number of hydrogen-bond acceptors (Lipinski definition) is 6. The van der Waals surface area contributed by atoms with Crippen LogP contribution in [-0.4, -0.2) is 47.7 Å². The Morgan fingerprint density at radius 2 is 2.21 bits per heavy atom. The molecule has 7 nitrogen and oxygen atoms in total. The number of nitrogens with zero attached hydrogens (tertiary/aromatic N) is 4. The largest absolute Gasteiger partial charge is 0.480 e. The third-order valence-corrected chi connectivity index (χ3v) is 4.55. The normalized spacial score (nSPS) is 24.5. The Labute approximate surface area is 115 Å². The lowest BCUT2D eigenvalue weighted by Crippen LogP contribution is -2.31. The standard InChI is InChI=1S/C11H18N4O3S/c1-10(2)5-7(11(3,4)18-10)19-9-12-13-14-15(9)6-8(16)17/h7H,5-6H2,1-4H3,(H,16,17). The molecule has 0 aromatic carbocycles. The molecule has 19 heavy (non-hydrogen) atoms. The topological polar surface area (TPSA) is 90.1 Å². The SMILES string of the molecule is CC1(C)CC(Sc2nnnn2CC(=O)O)C(C)(C)O1. The van der Waals surface area contributed by atoms with E-state index in [1.807, 2.05) is 13.8 Å². The van der Waals surface area contributed by atoms with Crippen LogP contribution < -0.4 is 0 Å². The summed E-state index contributed by atoms with van der Waals surface area (Å²) in [6.07, 6.45) is 0.866. The fourth-order valence-electron chi connectivity index (χ4n) is 2.33. The summed E-state index contributed by atoms with van der Waals surface area (Å²) in [5, 5.41) is 20.6. The molecular weight excluding hydrogens is 268 g/mol. The molecule has 0 spiro atoms. The minimum absolute atomic E-state index is 0.182. The molecule has 1 saturated heterocycles. The Balaban J connectivity index is 2.13. The lowest BCUT2D eigenvalue weighted by Gasteiger charge is -2.26. The van der Waals surface area contributed by atoms with E-state index < -0.39 is 5.97 Å². The summed E-state index contributed by atoms with van der Waals surface area (Å²) < 4.78 is 7.30. The highest BCUT2D eigenvalue weighted by molar-refractivity contribution is 7.99. The quantitative estimate of drug-likeness (QED) is 0.889. The molecule has 0 radical (unpaired) electrons. The number of aromatic nitrogens is 4. The zero-order valence-electron chi connectivity index (χ0n) is 11.5. The molecule has 0 amide bonds. The third kappa shape index (κ3) is 3.24. The van der Waals surface area contributed by atoms with Crippen molar-refractivity contribution in [1.29, 1.82) is 0 Å². The van der Waals surface area contributed by atoms with Crippen molar-refractivity contribution in [2.75, 3.05) is 0 Å². The Morgan fingerprint density at radius 3 is 2.74 bits per heavy atom. The average molecular weight is 286 g/mol. The van der Waals surface area contributed by atoms with E-state index in [2.05, 4.69) is 29.4 Å². The molecule has 2 heterocycles. The Bertz CT molecular complexity index is 486. The maximum absolute atomic E-state index is 10.7. The van der Waals surface area contributed by atoms with Crippen LogP contribution >= 0.6 is 11.8 Å². The maximum atomic E-state index is 10.7. The number of thioether (sulfide) groups is 1. The molecule has 1 N–H and O–H groups in total. The van der Waals surface area contributed by atoms with Gasteiger partial charge in [0.2, 0.25) is 5.16 Å². The van der Waals surface area contributed by atoms with E-state index in [9.17, 15) is 4.79 Å². The van der Waals surface area contributed by atoms with Gasteiger partial charge in [-0.3, -0.25) is 4.79 Å². The summed E-state index contributed by atoms with van der Waals surface area (Å²) >= 11 is 1.47. The molecule has 1 aromatic rings. The third-order valence-electron chi connectivity index (χ3n) is 3.02. The second-order valence-corrected chi connectivity index (χ2v) is 6.96. The lowest BCUT2D eigenvalue weighted by atomic mass is 10.0. The van der Waals surface area contributed by atoms with Crippen LogP contribution in [0.15, 0.2) is 5.16 Å². The van der Waals surface area contributed by atoms with Crippen molar-refractivity contribution >= 4 is 17.7 Å². The van der Waals surface area contributed by atoms with Gasteiger partial charge in [0.15, 0.2) is 0 Å². The Kier molecular flexibility index (Phi) is 3.57. The van der Waals surface area contributed by atoms with Gasteiger partial charge in [-0.25, -0.2) is 4.68 Å². The number of carbonyl (C=O) groups is 1. The first-order valence-electron chi connectivity index (χ1n) is 6.04. The van der Waals surface area contributed by atoms with Crippen molar-refractivity contribution in [1.82, 2.24) is 20.2 Å². The first kappa shape index (κ1) is 14.3. The van der Waals surface area contributed by atoms with Gasteiger partial charge in [-0.2, -0.15) is 0 Å². The minimum Gasteiger partial charge on any atom is -0.480 e. The van der Waals surface area contributed by atoms with Crippen LogP contribution in [0.1, 0.15) is 34.1 Å². The number of aliphatic carboxylic acids is 1. The summed E-state index contributed by atoms with van der Waals surface area (Å²) in [5.74, 6) is -0.962. The van der Waals surface area contributed by atoms with E-state index >= 15 is 0 Å². The van der Waals surface area contributed by atoms with Crippen LogP contribution in [0, 0.1) is 0 Å². The summed E-state index contributed by atoms with van der Waals surface area (Å²) in [7, 11) is 0. The number of rotatable bonds is 4. The molecule has 1 aliphatic rings. The van der Waals surface area contributed by atoms with Crippen molar-refractivity contribution in [2.24, 2.45) is 0 Å². The number of hydrogen-bond donors (Lipinski definition) is 1. The minimum atomic E-state index is -0.962. The van der Waals surface area contributed by atoms with Gasteiger partial charge in [0, 0.05) is 5.25 Å². The molecule has 0 saturated carbocycles. The molecule has 1 atom stereocenters. The highest BCUT2D eigenvalue weighted by Gasteiger charge is 2.46. The molecule has 0 aliphatic carbocycles. The molecule has 8 heteroatoms. The summed E-state index contributed by atoms with van der Waals surface area (Å²) in [6.45, 7) is 7.94. The van der Waals surface area contributed by atoms with Crippen molar-refractivity contribution < 1.29 is 14.6 Å². The first-order chi connectivity index (χ1) is 8.70.